The Balaban J connectivity index is 2.64. The predicted octanol–water partition coefficient (Wildman–Crippen LogP) is 1.55. The van der Waals surface area contributed by atoms with Crippen molar-refractivity contribution in [1.29, 1.82) is 0 Å². The van der Waals surface area contributed by atoms with E-state index >= 15 is 0 Å². The Morgan fingerprint density at radius 2 is 2.31 bits per heavy atom. The molecule has 70 valence electrons. The maximum absolute atomic E-state index is 11.0. The fourth-order valence-electron chi connectivity index (χ4n) is 0.727. The fourth-order valence-corrected chi connectivity index (χ4v) is 1.05. The Kier molecular flexibility index (Phi) is 3.70. The van der Waals surface area contributed by atoms with Crippen LogP contribution in [0.15, 0.2) is 17.2 Å². The van der Waals surface area contributed by atoms with E-state index in [1.54, 1.807) is 13.0 Å². The van der Waals surface area contributed by atoms with Crippen LogP contribution in [0.2, 0.25) is 0 Å². The number of hydrogen-bond acceptors (Lipinski definition) is 4. The lowest BCUT2D eigenvalue weighted by Crippen LogP contribution is -2.11. The van der Waals surface area contributed by atoms with Crippen molar-refractivity contribution in [2.75, 3.05) is 11.6 Å². The van der Waals surface area contributed by atoms with Gasteiger partial charge >= 0.3 is 0 Å². The summed E-state index contributed by atoms with van der Waals surface area (Å²) in [5.74, 6) is 0.454. The zero-order valence-corrected chi connectivity index (χ0v) is 8.39. The normalized spacial score (nSPS) is 9.69. The topological polar surface area (TPSA) is 54.9 Å². The molecule has 0 spiro atoms. The summed E-state index contributed by atoms with van der Waals surface area (Å²) in [4.78, 5) is 11.0. The molecule has 1 aromatic rings. The third-order valence-corrected chi connectivity index (χ3v) is 2.07. The molecule has 0 aromatic carbocycles. The van der Waals surface area contributed by atoms with Crippen molar-refractivity contribution in [2.24, 2.45) is 0 Å². The summed E-state index contributed by atoms with van der Waals surface area (Å²) in [7, 11) is 0. The molecule has 0 unspecified atom stereocenters. The number of thioether (sulfide) groups is 1. The second-order valence-electron chi connectivity index (χ2n) is 2.36. The first-order chi connectivity index (χ1) is 6.26. The quantitative estimate of drug-likeness (QED) is 0.747. The molecule has 1 rings (SSSR count). The standard InChI is InChI=1S/C8H11N3OS/c1-3-7(12)9-6-4-5-8(13-2)11-10-6/h4-5H,3H2,1-2H3,(H,9,10,12). The molecule has 0 bridgehead atoms. The predicted molar refractivity (Wildman–Crippen MR) is 52.7 cm³/mol. The summed E-state index contributed by atoms with van der Waals surface area (Å²) in [6.45, 7) is 1.79. The number of carbonyl (C=O) groups is 1. The van der Waals surface area contributed by atoms with Gasteiger partial charge in [0.15, 0.2) is 5.82 Å². The van der Waals surface area contributed by atoms with Gasteiger partial charge in [-0.25, -0.2) is 0 Å². The van der Waals surface area contributed by atoms with E-state index in [2.05, 4.69) is 15.5 Å². The van der Waals surface area contributed by atoms with E-state index in [4.69, 9.17) is 0 Å². The van der Waals surface area contributed by atoms with Crippen LogP contribution >= 0.6 is 11.8 Å². The number of aromatic nitrogens is 2. The smallest absolute Gasteiger partial charge is 0.225 e. The Labute approximate surface area is 81.1 Å². The van der Waals surface area contributed by atoms with Gasteiger partial charge in [0.05, 0.1) is 0 Å². The molecule has 1 N–H and O–H groups in total. The number of hydrogen-bond donors (Lipinski definition) is 1. The van der Waals surface area contributed by atoms with E-state index in [1.807, 2.05) is 12.3 Å². The minimum absolute atomic E-state index is 0.0498. The molecule has 1 amide bonds. The van der Waals surface area contributed by atoms with Gasteiger partial charge in [-0.2, -0.15) is 0 Å². The van der Waals surface area contributed by atoms with Gasteiger partial charge in [0.25, 0.3) is 0 Å². The van der Waals surface area contributed by atoms with Gasteiger partial charge in [0.1, 0.15) is 5.03 Å². The molecule has 0 aliphatic heterocycles. The second-order valence-corrected chi connectivity index (χ2v) is 3.19. The first-order valence-electron chi connectivity index (χ1n) is 3.94. The molecule has 0 aliphatic rings. The molecule has 0 saturated heterocycles. The Hall–Kier alpha value is -1.10. The minimum Gasteiger partial charge on any atom is -0.309 e. The summed E-state index contributed by atoms with van der Waals surface area (Å²) in [6.07, 6.45) is 2.38. The van der Waals surface area contributed by atoms with Crippen molar-refractivity contribution in [3.63, 3.8) is 0 Å². The minimum atomic E-state index is -0.0498. The van der Waals surface area contributed by atoms with Crippen molar-refractivity contribution >= 4 is 23.5 Å². The zero-order valence-electron chi connectivity index (χ0n) is 7.57. The highest BCUT2D eigenvalue weighted by Gasteiger charge is 2.00. The van der Waals surface area contributed by atoms with Crippen molar-refractivity contribution in [1.82, 2.24) is 10.2 Å². The first kappa shape index (κ1) is 9.98. The first-order valence-corrected chi connectivity index (χ1v) is 5.16. The van der Waals surface area contributed by atoms with Crippen LogP contribution in [-0.4, -0.2) is 22.4 Å². The van der Waals surface area contributed by atoms with Crippen LogP contribution in [0.1, 0.15) is 13.3 Å². The maximum atomic E-state index is 11.0. The van der Waals surface area contributed by atoms with E-state index in [1.165, 1.54) is 11.8 Å². The van der Waals surface area contributed by atoms with Gasteiger partial charge in [0, 0.05) is 6.42 Å². The van der Waals surface area contributed by atoms with Gasteiger partial charge in [0.2, 0.25) is 5.91 Å². The molecule has 0 aliphatic carbocycles. The molecular weight excluding hydrogens is 186 g/mol. The number of nitrogens with zero attached hydrogens (tertiary/aromatic N) is 2. The molecule has 13 heavy (non-hydrogen) atoms. The van der Waals surface area contributed by atoms with Crippen LogP contribution in [-0.2, 0) is 4.79 Å². The highest BCUT2D eigenvalue weighted by molar-refractivity contribution is 7.98. The number of carbonyl (C=O) groups excluding carboxylic acids is 1. The molecule has 4 nitrogen and oxygen atoms in total. The van der Waals surface area contributed by atoms with Crippen LogP contribution in [0.3, 0.4) is 0 Å². The van der Waals surface area contributed by atoms with Crippen LogP contribution in [0.25, 0.3) is 0 Å². The zero-order chi connectivity index (χ0) is 9.68. The van der Waals surface area contributed by atoms with Crippen molar-refractivity contribution < 1.29 is 4.79 Å². The number of anilines is 1. The lowest BCUT2D eigenvalue weighted by Gasteiger charge is -2.00. The van der Waals surface area contributed by atoms with Gasteiger partial charge in [-0.3, -0.25) is 4.79 Å². The van der Waals surface area contributed by atoms with E-state index < -0.39 is 0 Å². The molecule has 0 radical (unpaired) electrons. The van der Waals surface area contributed by atoms with Crippen LogP contribution in [0.5, 0.6) is 0 Å². The Bertz CT molecular complexity index is 286. The third-order valence-electron chi connectivity index (χ3n) is 1.44. The molecular formula is C8H11N3OS. The highest BCUT2D eigenvalue weighted by Crippen LogP contribution is 2.11. The largest absolute Gasteiger partial charge is 0.309 e. The van der Waals surface area contributed by atoms with Crippen LogP contribution < -0.4 is 5.32 Å². The fraction of sp³-hybridized carbons (Fsp3) is 0.375. The van der Waals surface area contributed by atoms with Gasteiger partial charge in [-0.1, -0.05) is 6.92 Å². The summed E-state index contributed by atoms with van der Waals surface area (Å²) < 4.78 is 0. The van der Waals surface area contributed by atoms with Crippen LogP contribution in [0.4, 0.5) is 5.82 Å². The van der Waals surface area contributed by atoms with E-state index in [-0.39, 0.29) is 5.91 Å². The molecule has 0 saturated carbocycles. The Morgan fingerprint density at radius 1 is 1.54 bits per heavy atom. The summed E-state index contributed by atoms with van der Waals surface area (Å²) in [5, 5.41) is 11.2. The third kappa shape index (κ3) is 3.02. The van der Waals surface area contributed by atoms with Gasteiger partial charge in [-0.05, 0) is 18.4 Å². The SMILES string of the molecule is CCC(=O)Nc1ccc(SC)nn1. The molecule has 5 heteroatoms. The second kappa shape index (κ2) is 4.81. The monoisotopic (exact) mass is 197 g/mol. The maximum Gasteiger partial charge on any atom is 0.225 e. The summed E-state index contributed by atoms with van der Waals surface area (Å²) in [5.41, 5.74) is 0. The van der Waals surface area contributed by atoms with E-state index in [9.17, 15) is 4.79 Å². The lowest BCUT2D eigenvalue weighted by molar-refractivity contribution is -0.115. The lowest BCUT2D eigenvalue weighted by atomic mass is 10.4. The summed E-state index contributed by atoms with van der Waals surface area (Å²) >= 11 is 1.52. The Morgan fingerprint density at radius 3 is 2.77 bits per heavy atom. The average Bonchev–Trinajstić information content (AvgIpc) is 2.19. The molecule has 1 heterocycles. The molecule has 0 fully saturated rings. The van der Waals surface area contributed by atoms with Crippen molar-refractivity contribution in [2.45, 2.75) is 18.4 Å². The van der Waals surface area contributed by atoms with Crippen molar-refractivity contribution in [3.8, 4) is 0 Å². The number of rotatable bonds is 3. The number of amides is 1. The van der Waals surface area contributed by atoms with E-state index in [0.29, 0.717) is 12.2 Å². The number of nitrogens with one attached hydrogen (secondary N) is 1. The average molecular weight is 197 g/mol. The summed E-state index contributed by atoms with van der Waals surface area (Å²) in [6, 6.07) is 3.56. The van der Waals surface area contributed by atoms with E-state index in [0.717, 1.165) is 5.03 Å². The molecule has 1 aromatic heterocycles. The van der Waals surface area contributed by atoms with Gasteiger partial charge < -0.3 is 5.32 Å². The van der Waals surface area contributed by atoms with Gasteiger partial charge in [-0.15, -0.1) is 22.0 Å². The van der Waals surface area contributed by atoms with Crippen LogP contribution in [0, 0.1) is 0 Å². The molecule has 0 atom stereocenters. The highest BCUT2D eigenvalue weighted by atomic mass is 32.2. The van der Waals surface area contributed by atoms with Crippen molar-refractivity contribution in [3.05, 3.63) is 12.1 Å².